The number of urea groups is 1. The van der Waals surface area contributed by atoms with Crippen LogP contribution < -0.4 is 15.4 Å². The summed E-state index contributed by atoms with van der Waals surface area (Å²) >= 11 is 0. The van der Waals surface area contributed by atoms with Crippen molar-refractivity contribution in [3.63, 3.8) is 0 Å². The third-order valence-corrected chi connectivity index (χ3v) is 3.73. The van der Waals surface area contributed by atoms with Crippen LogP contribution in [0.4, 0.5) is 10.6 Å². The fraction of sp³-hybridized carbons (Fsp3) is 0.150. The average Bonchev–Trinajstić information content (AvgIpc) is 2.70. The van der Waals surface area contributed by atoms with Gasteiger partial charge < -0.3 is 4.74 Å². The standard InChI is InChI=1S/C20H19N5O3/c1-3-19(26)25-20(27)24-18-7-6-16(12-23-18)28-15-8-9-21-17(10-15)14-5-4-13(2)22-11-14/h4-12H,3H2,1-2H3,(H2,23,24,25,26,27). The monoisotopic (exact) mass is 377 g/mol. The van der Waals surface area contributed by atoms with Gasteiger partial charge >= 0.3 is 6.03 Å². The van der Waals surface area contributed by atoms with E-state index in [1.807, 2.05) is 25.1 Å². The molecule has 0 unspecified atom stereocenters. The third kappa shape index (κ3) is 5.10. The van der Waals surface area contributed by atoms with E-state index in [1.165, 1.54) is 6.20 Å². The molecule has 0 radical (unpaired) electrons. The number of aromatic nitrogens is 3. The summed E-state index contributed by atoms with van der Waals surface area (Å²) in [6.45, 7) is 3.58. The van der Waals surface area contributed by atoms with E-state index < -0.39 is 6.03 Å². The lowest BCUT2D eigenvalue weighted by Gasteiger charge is -2.09. The van der Waals surface area contributed by atoms with E-state index in [0.717, 1.165) is 17.0 Å². The SMILES string of the molecule is CCC(=O)NC(=O)Nc1ccc(Oc2ccnc(-c3ccc(C)nc3)c2)cn1. The molecule has 8 heteroatoms. The second kappa shape index (κ2) is 8.72. The predicted octanol–water partition coefficient (Wildman–Crippen LogP) is 3.70. The van der Waals surface area contributed by atoms with Crippen molar-refractivity contribution in [2.45, 2.75) is 20.3 Å². The molecule has 0 saturated carbocycles. The smallest absolute Gasteiger partial charge is 0.327 e. The van der Waals surface area contributed by atoms with Crippen LogP contribution >= 0.6 is 0 Å². The molecule has 0 aliphatic rings. The molecule has 0 saturated heterocycles. The lowest BCUT2D eigenvalue weighted by molar-refractivity contribution is -0.119. The Kier molecular flexibility index (Phi) is 5.91. The Morgan fingerprint density at radius 1 is 1.00 bits per heavy atom. The summed E-state index contributed by atoms with van der Waals surface area (Å²) in [5, 5.41) is 4.66. The van der Waals surface area contributed by atoms with E-state index in [4.69, 9.17) is 4.74 Å². The minimum absolute atomic E-state index is 0.222. The highest BCUT2D eigenvalue weighted by Crippen LogP contribution is 2.25. The van der Waals surface area contributed by atoms with Crippen molar-refractivity contribution in [2.75, 3.05) is 5.32 Å². The normalized spacial score (nSPS) is 10.2. The summed E-state index contributed by atoms with van der Waals surface area (Å²) in [7, 11) is 0. The number of carbonyl (C=O) groups excluding carboxylic acids is 2. The maximum atomic E-state index is 11.6. The van der Waals surface area contributed by atoms with Gasteiger partial charge in [-0.15, -0.1) is 0 Å². The van der Waals surface area contributed by atoms with Crippen molar-refractivity contribution >= 4 is 17.8 Å². The minimum Gasteiger partial charge on any atom is -0.456 e. The van der Waals surface area contributed by atoms with Crippen LogP contribution in [-0.2, 0) is 4.79 Å². The fourth-order valence-corrected chi connectivity index (χ4v) is 2.27. The number of carbonyl (C=O) groups is 2. The number of aryl methyl sites for hydroxylation is 1. The molecule has 142 valence electrons. The first-order valence-electron chi connectivity index (χ1n) is 8.67. The molecule has 0 aromatic carbocycles. The second-order valence-corrected chi connectivity index (χ2v) is 5.90. The maximum absolute atomic E-state index is 11.6. The zero-order valence-electron chi connectivity index (χ0n) is 15.5. The molecule has 3 aromatic heterocycles. The molecule has 3 aromatic rings. The van der Waals surface area contributed by atoms with Gasteiger partial charge in [-0.05, 0) is 37.3 Å². The van der Waals surface area contributed by atoms with Gasteiger partial charge in [0.2, 0.25) is 5.91 Å². The second-order valence-electron chi connectivity index (χ2n) is 5.90. The van der Waals surface area contributed by atoms with E-state index in [2.05, 4.69) is 25.6 Å². The van der Waals surface area contributed by atoms with Gasteiger partial charge in [-0.1, -0.05) is 6.92 Å². The lowest BCUT2D eigenvalue weighted by Crippen LogP contribution is -2.33. The largest absolute Gasteiger partial charge is 0.456 e. The molecule has 0 aliphatic heterocycles. The number of pyridine rings is 3. The number of rotatable bonds is 5. The van der Waals surface area contributed by atoms with Crippen molar-refractivity contribution < 1.29 is 14.3 Å². The van der Waals surface area contributed by atoms with Gasteiger partial charge in [0.1, 0.15) is 17.3 Å². The molecule has 0 bridgehead atoms. The number of hydrogen-bond acceptors (Lipinski definition) is 6. The van der Waals surface area contributed by atoms with Crippen LogP contribution in [0.15, 0.2) is 55.0 Å². The van der Waals surface area contributed by atoms with E-state index in [1.54, 1.807) is 37.5 Å². The molecular weight excluding hydrogens is 358 g/mol. The summed E-state index contributed by atoms with van der Waals surface area (Å²) in [6, 6.07) is 10.0. The molecule has 3 heterocycles. The zero-order valence-corrected chi connectivity index (χ0v) is 15.5. The van der Waals surface area contributed by atoms with Gasteiger partial charge in [-0.2, -0.15) is 0 Å². The lowest BCUT2D eigenvalue weighted by atomic mass is 10.2. The van der Waals surface area contributed by atoms with Gasteiger partial charge in [0, 0.05) is 36.1 Å². The van der Waals surface area contributed by atoms with Crippen LogP contribution in [0, 0.1) is 6.92 Å². The fourth-order valence-electron chi connectivity index (χ4n) is 2.27. The minimum atomic E-state index is -0.626. The van der Waals surface area contributed by atoms with E-state index in [0.29, 0.717) is 17.3 Å². The zero-order chi connectivity index (χ0) is 19.9. The van der Waals surface area contributed by atoms with Crippen molar-refractivity contribution in [1.29, 1.82) is 0 Å². The number of ether oxygens (including phenoxy) is 1. The number of nitrogens with zero attached hydrogens (tertiary/aromatic N) is 3. The molecule has 0 spiro atoms. The summed E-state index contributed by atoms with van der Waals surface area (Å²) in [6.07, 6.45) is 5.12. The van der Waals surface area contributed by atoms with Crippen LogP contribution in [-0.4, -0.2) is 26.9 Å². The molecule has 0 fully saturated rings. The molecule has 0 atom stereocenters. The molecule has 0 aliphatic carbocycles. The van der Waals surface area contributed by atoms with Crippen molar-refractivity contribution in [2.24, 2.45) is 0 Å². The highest BCUT2D eigenvalue weighted by Gasteiger charge is 2.07. The maximum Gasteiger partial charge on any atom is 0.327 e. The summed E-state index contributed by atoms with van der Waals surface area (Å²) in [4.78, 5) is 35.5. The number of anilines is 1. The van der Waals surface area contributed by atoms with E-state index in [-0.39, 0.29) is 12.3 Å². The summed E-state index contributed by atoms with van der Waals surface area (Å²) in [5.41, 5.74) is 2.57. The Morgan fingerprint density at radius 3 is 2.54 bits per heavy atom. The first kappa shape index (κ1) is 19.0. The first-order valence-corrected chi connectivity index (χ1v) is 8.67. The Labute approximate surface area is 162 Å². The van der Waals surface area contributed by atoms with Crippen LogP contribution in [0.25, 0.3) is 11.3 Å². The molecular formula is C20H19N5O3. The summed E-state index contributed by atoms with van der Waals surface area (Å²) < 4.78 is 5.80. The number of nitrogens with one attached hydrogen (secondary N) is 2. The Balaban J connectivity index is 1.66. The van der Waals surface area contributed by atoms with Gasteiger partial charge in [0.15, 0.2) is 0 Å². The Morgan fingerprint density at radius 2 is 1.86 bits per heavy atom. The Bertz CT molecular complexity index is 972. The average molecular weight is 377 g/mol. The number of imide groups is 1. The summed E-state index contributed by atoms with van der Waals surface area (Å²) in [5.74, 6) is 1.03. The van der Waals surface area contributed by atoms with Gasteiger partial charge in [0.25, 0.3) is 0 Å². The first-order chi connectivity index (χ1) is 13.5. The van der Waals surface area contributed by atoms with Gasteiger partial charge in [-0.25, -0.2) is 9.78 Å². The van der Waals surface area contributed by atoms with Crippen LogP contribution in [0.5, 0.6) is 11.5 Å². The number of hydrogen-bond donors (Lipinski definition) is 2. The van der Waals surface area contributed by atoms with Gasteiger partial charge in [-0.3, -0.25) is 25.4 Å². The quantitative estimate of drug-likeness (QED) is 0.702. The highest BCUT2D eigenvalue weighted by molar-refractivity contribution is 6.00. The van der Waals surface area contributed by atoms with E-state index >= 15 is 0 Å². The van der Waals surface area contributed by atoms with Crippen LogP contribution in [0.3, 0.4) is 0 Å². The van der Waals surface area contributed by atoms with E-state index in [9.17, 15) is 9.59 Å². The van der Waals surface area contributed by atoms with Crippen LogP contribution in [0.1, 0.15) is 19.0 Å². The molecule has 3 amide bonds. The van der Waals surface area contributed by atoms with Crippen molar-refractivity contribution in [1.82, 2.24) is 20.3 Å². The Hall–Kier alpha value is -3.81. The predicted molar refractivity (Wildman–Crippen MR) is 104 cm³/mol. The van der Waals surface area contributed by atoms with Crippen LogP contribution in [0.2, 0.25) is 0 Å². The van der Waals surface area contributed by atoms with Gasteiger partial charge in [0.05, 0.1) is 11.9 Å². The number of amides is 3. The molecule has 2 N–H and O–H groups in total. The highest BCUT2D eigenvalue weighted by atomic mass is 16.5. The molecule has 28 heavy (non-hydrogen) atoms. The van der Waals surface area contributed by atoms with Crippen molar-refractivity contribution in [3.05, 3.63) is 60.7 Å². The topological polar surface area (TPSA) is 106 Å². The molecule has 3 rings (SSSR count). The van der Waals surface area contributed by atoms with Crippen molar-refractivity contribution in [3.8, 4) is 22.8 Å². The molecule has 8 nitrogen and oxygen atoms in total. The third-order valence-electron chi connectivity index (χ3n) is 3.73.